The lowest BCUT2D eigenvalue weighted by atomic mass is 9.86. The largest absolute Gasteiger partial charge is 0.307 e. The highest BCUT2D eigenvalue weighted by molar-refractivity contribution is 7.13. The van der Waals surface area contributed by atoms with Gasteiger partial charge in [-0.25, -0.2) is 4.98 Å². The molecule has 2 aromatic heterocycles. The first-order valence-corrected chi connectivity index (χ1v) is 10.4. The third kappa shape index (κ3) is 5.10. The third-order valence-corrected chi connectivity index (χ3v) is 6.03. The van der Waals surface area contributed by atoms with Gasteiger partial charge in [0.15, 0.2) is 0 Å². The molecule has 3 aromatic rings. The third-order valence-electron chi connectivity index (χ3n) is 5.14. The van der Waals surface area contributed by atoms with Crippen LogP contribution in [0, 0.1) is 12.8 Å². The van der Waals surface area contributed by atoms with Gasteiger partial charge in [-0.1, -0.05) is 61.9 Å². The first kappa shape index (κ1) is 19.4. The molecule has 27 heavy (non-hydrogen) atoms. The minimum absolute atomic E-state index is 0.816. The second-order valence-corrected chi connectivity index (χ2v) is 8.01. The molecule has 0 bridgehead atoms. The summed E-state index contributed by atoms with van der Waals surface area (Å²) in [5, 5.41) is 3.24. The average molecular weight is 379 g/mol. The fourth-order valence-corrected chi connectivity index (χ4v) is 4.50. The van der Waals surface area contributed by atoms with Gasteiger partial charge >= 0.3 is 0 Å². The smallest absolute Gasteiger partial charge is 0.124 e. The molecule has 0 amide bonds. The number of rotatable bonds is 4. The van der Waals surface area contributed by atoms with Crippen LogP contribution in [0.5, 0.6) is 0 Å². The molecule has 4 rings (SSSR count). The number of pyridine rings is 1. The molecule has 0 radical (unpaired) electrons. The number of thiazole rings is 1. The molecule has 1 saturated carbocycles. The van der Waals surface area contributed by atoms with Crippen molar-refractivity contribution < 1.29 is 4.79 Å². The second-order valence-electron chi connectivity index (χ2n) is 7.15. The minimum Gasteiger partial charge on any atom is -0.307 e. The standard InChI is InChI=1S/C22H24N2S.CH2O/c1-16-7-9-18(10-8-16)21-15-25-22(24-21)19-11-12-23-20(14-19)13-17-5-3-2-4-6-17;1-2/h7-12,14-15,17H,2-6,13H2,1H3;1H2. The molecule has 140 valence electrons. The predicted molar refractivity (Wildman–Crippen MR) is 113 cm³/mol. The van der Waals surface area contributed by atoms with Gasteiger partial charge in [0, 0.05) is 28.4 Å². The van der Waals surface area contributed by atoms with E-state index < -0.39 is 0 Å². The van der Waals surface area contributed by atoms with Crippen LogP contribution in [0.1, 0.15) is 43.4 Å². The molecule has 0 atom stereocenters. The summed E-state index contributed by atoms with van der Waals surface area (Å²) in [6, 6.07) is 12.9. The van der Waals surface area contributed by atoms with Crippen LogP contribution in [0.2, 0.25) is 0 Å². The van der Waals surface area contributed by atoms with Crippen LogP contribution in [-0.4, -0.2) is 16.8 Å². The highest BCUT2D eigenvalue weighted by atomic mass is 32.1. The summed E-state index contributed by atoms with van der Waals surface area (Å²) >= 11 is 1.72. The fraction of sp³-hybridized carbons (Fsp3) is 0.348. The van der Waals surface area contributed by atoms with E-state index in [0.29, 0.717) is 0 Å². The van der Waals surface area contributed by atoms with E-state index in [4.69, 9.17) is 9.78 Å². The molecular weight excluding hydrogens is 352 g/mol. The Balaban J connectivity index is 0.00000102. The summed E-state index contributed by atoms with van der Waals surface area (Å²) in [5.74, 6) is 0.816. The van der Waals surface area contributed by atoms with Crippen molar-refractivity contribution in [2.75, 3.05) is 0 Å². The number of carbonyl (C=O) groups excluding carboxylic acids is 1. The molecule has 4 heteroatoms. The quantitative estimate of drug-likeness (QED) is 0.549. The molecule has 0 saturated heterocycles. The Morgan fingerprint density at radius 1 is 1.04 bits per heavy atom. The van der Waals surface area contributed by atoms with Crippen molar-refractivity contribution >= 4 is 18.1 Å². The second kappa shape index (κ2) is 9.56. The number of benzene rings is 1. The van der Waals surface area contributed by atoms with Gasteiger partial charge in [-0.2, -0.15) is 0 Å². The Morgan fingerprint density at radius 3 is 2.52 bits per heavy atom. The number of hydrogen-bond donors (Lipinski definition) is 0. The summed E-state index contributed by atoms with van der Waals surface area (Å²) in [7, 11) is 0. The molecule has 0 N–H and O–H groups in total. The number of nitrogens with zero attached hydrogens (tertiary/aromatic N) is 2. The molecule has 1 aliphatic rings. The Hall–Kier alpha value is -2.33. The summed E-state index contributed by atoms with van der Waals surface area (Å²) in [6.45, 7) is 4.11. The Kier molecular flexibility index (Phi) is 6.88. The summed E-state index contributed by atoms with van der Waals surface area (Å²) in [5.41, 5.74) is 5.94. The Labute approximate surface area is 165 Å². The van der Waals surface area contributed by atoms with Crippen molar-refractivity contribution in [3.8, 4) is 21.8 Å². The van der Waals surface area contributed by atoms with Gasteiger partial charge in [0.1, 0.15) is 11.8 Å². The van der Waals surface area contributed by atoms with E-state index in [-0.39, 0.29) is 0 Å². The summed E-state index contributed by atoms with van der Waals surface area (Å²) in [4.78, 5) is 17.5. The van der Waals surface area contributed by atoms with Gasteiger partial charge in [0.2, 0.25) is 0 Å². The molecule has 3 nitrogen and oxygen atoms in total. The van der Waals surface area contributed by atoms with Crippen LogP contribution in [0.15, 0.2) is 48.0 Å². The first-order valence-electron chi connectivity index (χ1n) is 9.55. The van der Waals surface area contributed by atoms with Gasteiger partial charge in [-0.15, -0.1) is 11.3 Å². The van der Waals surface area contributed by atoms with E-state index in [0.717, 1.165) is 23.0 Å². The number of hydrogen-bond acceptors (Lipinski definition) is 4. The lowest BCUT2D eigenvalue weighted by Crippen LogP contribution is -2.10. The van der Waals surface area contributed by atoms with Gasteiger partial charge < -0.3 is 4.79 Å². The van der Waals surface area contributed by atoms with Gasteiger partial charge in [-0.3, -0.25) is 4.98 Å². The number of carbonyl (C=O) groups is 1. The lowest BCUT2D eigenvalue weighted by molar-refractivity contribution is -0.0979. The van der Waals surface area contributed by atoms with Gasteiger partial charge in [0.05, 0.1) is 5.69 Å². The molecule has 0 spiro atoms. The molecule has 0 unspecified atom stereocenters. The Morgan fingerprint density at radius 2 is 1.78 bits per heavy atom. The maximum absolute atomic E-state index is 8.00. The van der Waals surface area contributed by atoms with Crippen molar-refractivity contribution in [2.24, 2.45) is 5.92 Å². The maximum Gasteiger partial charge on any atom is 0.124 e. The van der Waals surface area contributed by atoms with Crippen LogP contribution in [-0.2, 0) is 11.2 Å². The lowest BCUT2D eigenvalue weighted by Gasteiger charge is -2.21. The van der Waals surface area contributed by atoms with Crippen LogP contribution in [0.25, 0.3) is 21.8 Å². The van der Waals surface area contributed by atoms with E-state index in [9.17, 15) is 0 Å². The minimum atomic E-state index is 0.816. The monoisotopic (exact) mass is 378 g/mol. The average Bonchev–Trinajstić information content (AvgIpc) is 3.21. The number of aryl methyl sites for hydroxylation is 1. The molecule has 1 aliphatic carbocycles. The fourth-order valence-electron chi connectivity index (χ4n) is 3.67. The van der Waals surface area contributed by atoms with E-state index >= 15 is 0 Å². The van der Waals surface area contributed by atoms with Crippen molar-refractivity contribution in [2.45, 2.75) is 45.4 Å². The van der Waals surface area contributed by atoms with E-state index in [1.807, 2.05) is 13.0 Å². The first-order chi connectivity index (χ1) is 13.3. The molecule has 2 heterocycles. The zero-order valence-corrected chi connectivity index (χ0v) is 16.7. The van der Waals surface area contributed by atoms with E-state index in [1.165, 1.54) is 54.5 Å². The Bertz CT molecular complexity index is 851. The molecular formula is C23H26N2OS. The van der Waals surface area contributed by atoms with Crippen molar-refractivity contribution in [3.05, 3.63) is 59.2 Å². The summed E-state index contributed by atoms with van der Waals surface area (Å²) in [6.07, 6.45) is 9.96. The van der Waals surface area contributed by atoms with Crippen LogP contribution in [0.4, 0.5) is 0 Å². The molecule has 1 aromatic carbocycles. The summed E-state index contributed by atoms with van der Waals surface area (Å²) < 4.78 is 0. The van der Waals surface area contributed by atoms with Crippen LogP contribution >= 0.6 is 11.3 Å². The normalized spacial score (nSPS) is 14.4. The highest BCUT2D eigenvalue weighted by Gasteiger charge is 2.15. The van der Waals surface area contributed by atoms with Gasteiger partial charge in [-0.05, 0) is 31.4 Å². The SMILES string of the molecule is C=O.Cc1ccc(-c2csc(-c3ccnc(CC4CCCCC4)c3)n2)cc1. The number of aromatic nitrogens is 2. The van der Waals surface area contributed by atoms with Crippen molar-refractivity contribution in [1.82, 2.24) is 9.97 Å². The molecule has 1 fully saturated rings. The zero-order chi connectivity index (χ0) is 19.1. The zero-order valence-electron chi connectivity index (χ0n) is 15.9. The van der Waals surface area contributed by atoms with Crippen molar-refractivity contribution in [1.29, 1.82) is 0 Å². The predicted octanol–water partition coefficient (Wildman–Crippen LogP) is 6.12. The van der Waals surface area contributed by atoms with E-state index in [1.54, 1.807) is 11.3 Å². The van der Waals surface area contributed by atoms with E-state index in [2.05, 4.69) is 53.7 Å². The van der Waals surface area contributed by atoms with Crippen LogP contribution < -0.4 is 0 Å². The van der Waals surface area contributed by atoms with Crippen molar-refractivity contribution in [3.63, 3.8) is 0 Å². The highest BCUT2D eigenvalue weighted by Crippen LogP contribution is 2.31. The van der Waals surface area contributed by atoms with Crippen LogP contribution in [0.3, 0.4) is 0 Å². The van der Waals surface area contributed by atoms with Gasteiger partial charge in [0.25, 0.3) is 0 Å². The molecule has 0 aliphatic heterocycles. The topological polar surface area (TPSA) is 42.9 Å². The maximum atomic E-state index is 8.00.